The lowest BCUT2D eigenvalue weighted by Gasteiger charge is -2.30. The Bertz CT molecular complexity index is 684. The quantitative estimate of drug-likeness (QED) is 0.846. The summed E-state index contributed by atoms with van der Waals surface area (Å²) >= 11 is 0. The zero-order chi connectivity index (χ0) is 14.8. The Morgan fingerprint density at radius 2 is 2.05 bits per heavy atom. The van der Waals surface area contributed by atoms with Crippen molar-refractivity contribution in [2.24, 2.45) is 0 Å². The molecular formula is C17H16FNO2. The molecule has 108 valence electrons. The molecule has 0 saturated carbocycles. The molecule has 2 aromatic carbocycles. The molecule has 0 saturated heterocycles. The molecule has 21 heavy (non-hydrogen) atoms. The van der Waals surface area contributed by atoms with Gasteiger partial charge in [0.15, 0.2) is 0 Å². The molecule has 2 aromatic rings. The summed E-state index contributed by atoms with van der Waals surface area (Å²) in [5, 5.41) is 0. The number of carbonyl (C=O) groups excluding carboxylic acids is 1. The van der Waals surface area contributed by atoms with Crippen LogP contribution in [-0.4, -0.2) is 19.6 Å². The van der Waals surface area contributed by atoms with E-state index in [0.29, 0.717) is 23.5 Å². The molecule has 3 nitrogen and oxygen atoms in total. The van der Waals surface area contributed by atoms with Gasteiger partial charge in [0, 0.05) is 12.1 Å². The summed E-state index contributed by atoms with van der Waals surface area (Å²) in [6.07, 6.45) is 1.64. The fraction of sp³-hybridized carbons (Fsp3) is 0.235. The topological polar surface area (TPSA) is 29.5 Å². The fourth-order valence-electron chi connectivity index (χ4n) is 2.72. The predicted molar refractivity (Wildman–Crippen MR) is 79.4 cm³/mol. The Balaban J connectivity index is 2.00. The SMILES string of the molecule is COc1cccc(C(=O)N2CCCc3cccc(F)c32)c1. The van der Waals surface area contributed by atoms with Crippen molar-refractivity contribution in [2.75, 3.05) is 18.6 Å². The van der Waals surface area contributed by atoms with Crippen molar-refractivity contribution in [1.29, 1.82) is 0 Å². The van der Waals surface area contributed by atoms with Gasteiger partial charge in [0.05, 0.1) is 12.8 Å². The normalized spacial score (nSPS) is 13.7. The first-order valence-corrected chi connectivity index (χ1v) is 6.94. The number of methoxy groups -OCH3 is 1. The lowest BCUT2D eigenvalue weighted by molar-refractivity contribution is 0.0984. The summed E-state index contributed by atoms with van der Waals surface area (Å²) < 4.78 is 19.3. The minimum atomic E-state index is -0.344. The van der Waals surface area contributed by atoms with Crippen LogP contribution in [0.2, 0.25) is 0 Å². The van der Waals surface area contributed by atoms with Crippen LogP contribution in [0, 0.1) is 5.82 Å². The number of hydrogen-bond donors (Lipinski definition) is 0. The largest absolute Gasteiger partial charge is 0.497 e. The molecule has 1 amide bonds. The van der Waals surface area contributed by atoms with Gasteiger partial charge in [-0.3, -0.25) is 4.79 Å². The highest BCUT2D eigenvalue weighted by Crippen LogP contribution is 2.31. The van der Waals surface area contributed by atoms with Gasteiger partial charge in [-0.15, -0.1) is 0 Å². The summed E-state index contributed by atoms with van der Waals surface area (Å²) in [4.78, 5) is 14.2. The molecule has 0 fully saturated rings. The van der Waals surface area contributed by atoms with Crippen LogP contribution in [0.15, 0.2) is 42.5 Å². The Morgan fingerprint density at radius 1 is 1.24 bits per heavy atom. The van der Waals surface area contributed by atoms with Crippen molar-refractivity contribution < 1.29 is 13.9 Å². The highest BCUT2D eigenvalue weighted by atomic mass is 19.1. The molecule has 4 heteroatoms. The number of hydrogen-bond acceptors (Lipinski definition) is 2. The maximum atomic E-state index is 14.1. The molecule has 0 N–H and O–H groups in total. The monoisotopic (exact) mass is 285 g/mol. The molecule has 1 aliphatic rings. The van der Waals surface area contributed by atoms with Crippen molar-refractivity contribution in [3.63, 3.8) is 0 Å². The van der Waals surface area contributed by atoms with Gasteiger partial charge in [-0.05, 0) is 42.7 Å². The summed E-state index contributed by atoms with van der Waals surface area (Å²) in [6, 6.07) is 11.9. The minimum Gasteiger partial charge on any atom is -0.497 e. The number of fused-ring (bicyclic) bond motifs is 1. The van der Waals surface area contributed by atoms with Gasteiger partial charge < -0.3 is 9.64 Å². The predicted octanol–water partition coefficient (Wildman–Crippen LogP) is 3.43. The van der Waals surface area contributed by atoms with Gasteiger partial charge in [0.1, 0.15) is 11.6 Å². The number of para-hydroxylation sites is 1. The smallest absolute Gasteiger partial charge is 0.258 e. The molecule has 0 bridgehead atoms. The molecule has 1 heterocycles. The van der Waals surface area contributed by atoms with Crippen LogP contribution in [0.4, 0.5) is 10.1 Å². The zero-order valence-electron chi connectivity index (χ0n) is 11.8. The molecule has 0 unspecified atom stereocenters. The average molecular weight is 285 g/mol. The number of ether oxygens (including phenoxy) is 1. The van der Waals surface area contributed by atoms with Crippen LogP contribution in [-0.2, 0) is 6.42 Å². The summed E-state index contributed by atoms with van der Waals surface area (Å²) in [6.45, 7) is 0.532. The number of aryl methyl sites for hydroxylation is 1. The van der Waals surface area contributed by atoms with Crippen LogP contribution >= 0.6 is 0 Å². The van der Waals surface area contributed by atoms with E-state index in [1.165, 1.54) is 11.0 Å². The van der Waals surface area contributed by atoms with Crippen LogP contribution < -0.4 is 9.64 Å². The Kier molecular flexibility index (Phi) is 3.60. The van der Waals surface area contributed by atoms with E-state index < -0.39 is 0 Å². The zero-order valence-corrected chi connectivity index (χ0v) is 11.8. The van der Waals surface area contributed by atoms with Gasteiger partial charge in [-0.25, -0.2) is 4.39 Å². The van der Waals surface area contributed by atoms with E-state index in [0.717, 1.165) is 18.4 Å². The summed E-state index contributed by atoms with van der Waals surface area (Å²) in [7, 11) is 1.56. The number of halogens is 1. The van der Waals surface area contributed by atoms with E-state index in [1.807, 2.05) is 6.07 Å². The Labute approximate surface area is 123 Å². The standard InChI is InChI=1S/C17H16FNO2/c1-21-14-8-2-6-13(11-14)17(20)19-10-4-7-12-5-3-9-15(18)16(12)19/h2-3,5-6,8-9,11H,4,7,10H2,1H3. The fourth-order valence-corrected chi connectivity index (χ4v) is 2.72. The maximum absolute atomic E-state index is 14.1. The number of anilines is 1. The second-order valence-corrected chi connectivity index (χ2v) is 5.04. The minimum absolute atomic E-state index is 0.194. The van der Waals surface area contributed by atoms with Crippen LogP contribution in [0.1, 0.15) is 22.3 Å². The van der Waals surface area contributed by atoms with Gasteiger partial charge in [-0.2, -0.15) is 0 Å². The Hall–Kier alpha value is -2.36. The van der Waals surface area contributed by atoms with Crippen molar-refractivity contribution >= 4 is 11.6 Å². The molecule has 0 radical (unpaired) electrons. The first-order chi connectivity index (χ1) is 10.2. The van der Waals surface area contributed by atoms with E-state index in [9.17, 15) is 9.18 Å². The first kappa shape index (κ1) is 13.6. The van der Waals surface area contributed by atoms with Crippen LogP contribution in [0.5, 0.6) is 5.75 Å². The number of nitrogens with zero attached hydrogens (tertiary/aromatic N) is 1. The maximum Gasteiger partial charge on any atom is 0.258 e. The molecule has 0 atom stereocenters. The van der Waals surface area contributed by atoms with E-state index >= 15 is 0 Å². The van der Waals surface area contributed by atoms with Crippen LogP contribution in [0.25, 0.3) is 0 Å². The van der Waals surface area contributed by atoms with E-state index in [4.69, 9.17) is 4.74 Å². The molecule has 1 aliphatic heterocycles. The highest BCUT2D eigenvalue weighted by molar-refractivity contribution is 6.07. The van der Waals surface area contributed by atoms with E-state index in [1.54, 1.807) is 37.4 Å². The third-order valence-corrected chi connectivity index (χ3v) is 3.73. The van der Waals surface area contributed by atoms with Crippen molar-refractivity contribution in [3.05, 3.63) is 59.4 Å². The Morgan fingerprint density at radius 3 is 2.86 bits per heavy atom. The molecule has 0 spiro atoms. The van der Waals surface area contributed by atoms with Gasteiger partial charge in [0.25, 0.3) is 5.91 Å². The molecular weight excluding hydrogens is 269 g/mol. The number of rotatable bonds is 2. The van der Waals surface area contributed by atoms with E-state index in [-0.39, 0.29) is 11.7 Å². The van der Waals surface area contributed by atoms with Gasteiger partial charge >= 0.3 is 0 Å². The van der Waals surface area contributed by atoms with Crippen LogP contribution in [0.3, 0.4) is 0 Å². The lowest BCUT2D eigenvalue weighted by atomic mass is 10.0. The lowest BCUT2D eigenvalue weighted by Crippen LogP contribution is -2.36. The van der Waals surface area contributed by atoms with Crippen molar-refractivity contribution in [2.45, 2.75) is 12.8 Å². The van der Waals surface area contributed by atoms with Crippen molar-refractivity contribution in [1.82, 2.24) is 0 Å². The van der Waals surface area contributed by atoms with Gasteiger partial charge in [-0.1, -0.05) is 18.2 Å². The third kappa shape index (κ3) is 2.49. The molecule has 0 aromatic heterocycles. The number of amides is 1. The summed E-state index contributed by atoms with van der Waals surface area (Å²) in [5.74, 6) is 0.0787. The number of benzene rings is 2. The highest BCUT2D eigenvalue weighted by Gasteiger charge is 2.26. The second kappa shape index (κ2) is 5.56. The van der Waals surface area contributed by atoms with Gasteiger partial charge in [0.2, 0.25) is 0 Å². The van der Waals surface area contributed by atoms with Crippen molar-refractivity contribution in [3.8, 4) is 5.75 Å². The third-order valence-electron chi connectivity index (χ3n) is 3.73. The number of carbonyl (C=O) groups is 1. The van der Waals surface area contributed by atoms with E-state index in [2.05, 4.69) is 0 Å². The average Bonchev–Trinajstić information content (AvgIpc) is 2.54. The second-order valence-electron chi connectivity index (χ2n) is 5.04. The summed E-state index contributed by atoms with van der Waals surface area (Å²) in [5.41, 5.74) is 1.81. The molecule has 3 rings (SSSR count). The first-order valence-electron chi connectivity index (χ1n) is 6.94. The molecule has 0 aliphatic carbocycles.